The van der Waals surface area contributed by atoms with Gasteiger partial charge in [0.15, 0.2) is 0 Å². The third kappa shape index (κ3) is 8.56. The van der Waals surface area contributed by atoms with Gasteiger partial charge in [-0.25, -0.2) is 4.98 Å². The van der Waals surface area contributed by atoms with Crippen LogP contribution in [0.25, 0.3) is 39.3 Å². The molecular weight excluding hydrogens is 649 g/mol. The number of aromatic nitrogens is 4. The van der Waals surface area contributed by atoms with Crippen LogP contribution in [0, 0.1) is 20.8 Å². The molecule has 2 aliphatic rings. The van der Waals surface area contributed by atoms with Gasteiger partial charge < -0.3 is 30.0 Å². The molecule has 10 nitrogen and oxygen atoms in total. The number of fused-ring (bicyclic) bond motifs is 8. The Kier molecular flexibility index (Phi) is 12.2. The van der Waals surface area contributed by atoms with Crippen molar-refractivity contribution >= 4 is 51.1 Å². The molecule has 5 rings (SSSR count). The Morgan fingerprint density at radius 1 is 0.788 bits per heavy atom. The number of nitrogens with zero attached hydrogens (tertiary/aromatic N) is 5. The van der Waals surface area contributed by atoms with Crippen LogP contribution in [-0.2, 0) is 9.59 Å². The molecule has 52 heavy (non-hydrogen) atoms. The number of hydrogen-bond donors (Lipinski definition) is 3. The van der Waals surface area contributed by atoms with E-state index in [4.69, 9.17) is 9.97 Å². The molecule has 10 heteroatoms. The fourth-order valence-corrected chi connectivity index (χ4v) is 7.16. The fourth-order valence-electron chi connectivity index (χ4n) is 7.16. The molecule has 0 aromatic carbocycles. The zero-order chi connectivity index (χ0) is 37.9. The van der Waals surface area contributed by atoms with Gasteiger partial charge in [-0.05, 0) is 121 Å². The smallest absolute Gasteiger partial charge is 0.222 e. The normalized spacial score (nSPS) is 15.8. The average molecular weight is 707 g/mol. The first-order chi connectivity index (χ1) is 24.7. The molecule has 3 aromatic rings. The zero-order valence-corrected chi connectivity index (χ0v) is 33.0. The first kappa shape index (κ1) is 38.7. The monoisotopic (exact) mass is 706 g/mol. The van der Waals surface area contributed by atoms with Crippen LogP contribution in [0.4, 0.5) is 0 Å². The van der Waals surface area contributed by atoms with Crippen molar-refractivity contribution in [3.63, 3.8) is 0 Å². The molecular formula is C42H58N8O2. The van der Waals surface area contributed by atoms with E-state index in [-0.39, 0.29) is 23.7 Å². The minimum Gasteiger partial charge on any atom is -0.355 e. The van der Waals surface area contributed by atoms with Crippen molar-refractivity contribution in [2.24, 2.45) is 0 Å². The number of H-pyrrole nitrogens is 2. The number of amides is 2. The van der Waals surface area contributed by atoms with E-state index in [1.54, 1.807) is 0 Å². The van der Waals surface area contributed by atoms with Crippen molar-refractivity contribution < 1.29 is 9.59 Å². The maximum atomic E-state index is 13.3. The Balaban J connectivity index is 1.67. The molecule has 8 bridgehead atoms. The molecule has 2 amide bonds. The molecule has 0 radical (unpaired) electrons. The molecule has 0 saturated carbocycles. The Bertz CT molecular complexity index is 2030. The Morgan fingerprint density at radius 2 is 1.44 bits per heavy atom. The average Bonchev–Trinajstić information content (AvgIpc) is 3.74. The highest BCUT2D eigenvalue weighted by Crippen LogP contribution is 2.41. The van der Waals surface area contributed by atoms with Crippen LogP contribution in [-0.4, -0.2) is 108 Å². The summed E-state index contributed by atoms with van der Waals surface area (Å²) in [4.78, 5) is 50.1. The lowest BCUT2D eigenvalue weighted by Crippen LogP contribution is -2.33. The number of rotatable bonds is 13. The summed E-state index contributed by atoms with van der Waals surface area (Å²) in [5.41, 5.74) is 14.2. The number of carbonyl (C=O) groups excluding carboxylic acids is 2. The molecule has 0 spiro atoms. The predicted molar refractivity (Wildman–Crippen MR) is 215 cm³/mol. The summed E-state index contributed by atoms with van der Waals surface area (Å²) in [5.74, 6) is 0.279. The molecule has 0 fully saturated rings. The highest BCUT2D eigenvalue weighted by molar-refractivity contribution is 5.94. The maximum absolute atomic E-state index is 13.3. The van der Waals surface area contributed by atoms with Crippen LogP contribution in [0.15, 0.2) is 30.8 Å². The summed E-state index contributed by atoms with van der Waals surface area (Å²) in [6.45, 7) is 17.8. The van der Waals surface area contributed by atoms with Crippen LogP contribution in [0.5, 0.6) is 0 Å². The standard InChI is InChI=1S/C42H58N8O2/c1-12-30-27(4)35-21-33-25(2)26(3)34(44-33)22-36-28(5)31(13-15-41(51)43-17-18-48(7)8)39(46-36)24-40-32(29(6)37(47-40)23-38(30)45-35)14-16-42(52)50(11)20-19-49(9)10/h12,21-24,28,31,44-45H,1,13-20H2,2-11H3,(H,43,51). The Labute approximate surface area is 309 Å². The lowest BCUT2D eigenvalue weighted by Gasteiger charge is -2.20. The summed E-state index contributed by atoms with van der Waals surface area (Å²) in [6.07, 6.45) is 3.92. The summed E-state index contributed by atoms with van der Waals surface area (Å²) >= 11 is 0. The minimum absolute atomic E-state index is 0.0283. The number of hydrogen-bond acceptors (Lipinski definition) is 6. The summed E-state index contributed by atoms with van der Waals surface area (Å²) < 4.78 is 0. The zero-order valence-electron chi connectivity index (χ0n) is 33.0. The molecule has 2 unspecified atom stereocenters. The van der Waals surface area contributed by atoms with Crippen molar-refractivity contribution in [2.45, 2.75) is 72.1 Å². The second-order valence-corrected chi connectivity index (χ2v) is 15.1. The van der Waals surface area contributed by atoms with Crippen LogP contribution < -0.4 is 5.32 Å². The van der Waals surface area contributed by atoms with Gasteiger partial charge in [0.05, 0.1) is 11.4 Å². The van der Waals surface area contributed by atoms with E-state index in [2.05, 4.69) is 90.5 Å². The van der Waals surface area contributed by atoms with E-state index in [1.807, 2.05) is 46.2 Å². The van der Waals surface area contributed by atoms with Gasteiger partial charge in [-0.2, -0.15) is 0 Å². The SMILES string of the molecule is C=Cc1c(C)c2cc3[nH]c(cc4nc(cc5nc(cc1[nH]2)C(C)=C5CCC(=O)N(C)CCN(C)C)C(CCC(=O)NCCN(C)C)C4C)c(C)c3C. The molecule has 5 heterocycles. The first-order valence-electron chi connectivity index (χ1n) is 18.5. The summed E-state index contributed by atoms with van der Waals surface area (Å²) in [6, 6.07) is 8.57. The summed E-state index contributed by atoms with van der Waals surface area (Å²) in [5, 5.41) is 3.08. The van der Waals surface area contributed by atoms with Gasteiger partial charge in [0.2, 0.25) is 11.8 Å². The maximum Gasteiger partial charge on any atom is 0.222 e. The number of carbonyl (C=O) groups is 2. The molecule has 0 saturated heterocycles. The molecule has 3 aromatic heterocycles. The highest BCUT2D eigenvalue weighted by Gasteiger charge is 2.30. The van der Waals surface area contributed by atoms with Gasteiger partial charge in [0.1, 0.15) is 0 Å². The number of likely N-dealkylation sites (N-methyl/N-ethyl adjacent to an activating group) is 3. The van der Waals surface area contributed by atoms with E-state index in [1.165, 1.54) is 11.1 Å². The molecule has 2 aliphatic heterocycles. The molecule has 0 aliphatic carbocycles. The van der Waals surface area contributed by atoms with Crippen molar-refractivity contribution in [3.05, 3.63) is 75.9 Å². The number of nitrogens with one attached hydrogen (secondary N) is 3. The fraction of sp³-hybridized carbons (Fsp3) is 0.476. The van der Waals surface area contributed by atoms with Crippen molar-refractivity contribution in [3.8, 4) is 0 Å². The Morgan fingerprint density at radius 3 is 2.12 bits per heavy atom. The Hall–Kier alpha value is -4.54. The van der Waals surface area contributed by atoms with Crippen LogP contribution >= 0.6 is 0 Å². The topological polar surface area (TPSA) is 113 Å². The van der Waals surface area contributed by atoms with E-state index in [0.29, 0.717) is 38.8 Å². The predicted octanol–water partition coefficient (Wildman–Crippen LogP) is 6.96. The number of aromatic amines is 2. The van der Waals surface area contributed by atoms with Crippen molar-refractivity contribution in [1.29, 1.82) is 0 Å². The third-order valence-electron chi connectivity index (χ3n) is 10.9. The van der Waals surface area contributed by atoms with E-state index in [0.717, 1.165) is 80.2 Å². The lowest BCUT2D eigenvalue weighted by atomic mass is 9.87. The van der Waals surface area contributed by atoms with Crippen LogP contribution in [0.2, 0.25) is 0 Å². The highest BCUT2D eigenvalue weighted by atomic mass is 16.2. The van der Waals surface area contributed by atoms with Gasteiger partial charge in [-0.3, -0.25) is 14.6 Å². The van der Waals surface area contributed by atoms with Crippen LogP contribution in [0.1, 0.15) is 96.4 Å². The second-order valence-electron chi connectivity index (χ2n) is 15.1. The summed E-state index contributed by atoms with van der Waals surface area (Å²) in [7, 11) is 9.91. The van der Waals surface area contributed by atoms with Crippen molar-refractivity contribution in [1.82, 2.24) is 40.0 Å². The quantitative estimate of drug-likeness (QED) is 0.177. The largest absolute Gasteiger partial charge is 0.355 e. The van der Waals surface area contributed by atoms with Gasteiger partial charge in [0.25, 0.3) is 0 Å². The van der Waals surface area contributed by atoms with Gasteiger partial charge >= 0.3 is 0 Å². The van der Waals surface area contributed by atoms with E-state index in [9.17, 15) is 9.59 Å². The van der Waals surface area contributed by atoms with Gasteiger partial charge in [0, 0.05) is 96.9 Å². The van der Waals surface area contributed by atoms with Gasteiger partial charge in [-0.15, -0.1) is 0 Å². The molecule has 278 valence electrons. The van der Waals surface area contributed by atoms with E-state index < -0.39 is 0 Å². The minimum atomic E-state index is 0.0283. The van der Waals surface area contributed by atoms with Crippen LogP contribution in [0.3, 0.4) is 0 Å². The number of allylic oxidation sites excluding steroid dienone is 2. The third-order valence-corrected chi connectivity index (χ3v) is 10.9. The molecule has 3 N–H and O–H groups in total. The first-order valence-corrected chi connectivity index (χ1v) is 18.5. The van der Waals surface area contributed by atoms with Gasteiger partial charge in [-0.1, -0.05) is 19.6 Å². The van der Waals surface area contributed by atoms with E-state index >= 15 is 0 Å². The lowest BCUT2D eigenvalue weighted by molar-refractivity contribution is -0.129. The number of aryl methyl sites for hydroxylation is 3. The second kappa shape index (κ2) is 16.4. The molecule has 2 atom stereocenters. The van der Waals surface area contributed by atoms with Crippen molar-refractivity contribution in [2.75, 3.05) is 61.4 Å².